The average Bonchev–Trinajstić information content (AvgIpc) is 2.78. The summed E-state index contributed by atoms with van der Waals surface area (Å²) in [5, 5.41) is 3.31. The van der Waals surface area contributed by atoms with E-state index in [1.165, 1.54) is 12.1 Å². The fourth-order valence-corrected chi connectivity index (χ4v) is 2.99. The first-order valence-corrected chi connectivity index (χ1v) is 7.96. The summed E-state index contributed by atoms with van der Waals surface area (Å²) in [4.78, 5) is 6.95. The topological polar surface area (TPSA) is 36.9 Å². The summed E-state index contributed by atoms with van der Waals surface area (Å²) < 4.78 is 32.1. The molecule has 0 saturated carbocycles. The van der Waals surface area contributed by atoms with E-state index in [2.05, 4.69) is 10.2 Å². The summed E-state index contributed by atoms with van der Waals surface area (Å²) in [6.45, 7) is 3.37. The second-order valence-corrected chi connectivity index (χ2v) is 5.80. The minimum Gasteiger partial charge on any atom is -0.454 e. The van der Waals surface area contributed by atoms with Gasteiger partial charge in [-0.05, 0) is 24.3 Å². The molecule has 0 aromatic heterocycles. The summed E-state index contributed by atoms with van der Waals surface area (Å²) in [7, 11) is 0. The van der Waals surface area contributed by atoms with Crippen molar-refractivity contribution in [2.24, 2.45) is 4.99 Å². The molecule has 2 heterocycles. The molecule has 4 nitrogen and oxygen atoms in total. The van der Waals surface area contributed by atoms with Crippen LogP contribution in [0.4, 0.5) is 14.5 Å². The number of fused-ring (bicyclic) bond motifs is 2. The van der Waals surface area contributed by atoms with E-state index in [1.54, 1.807) is 12.1 Å². The third kappa shape index (κ3) is 2.73. The van der Waals surface area contributed by atoms with E-state index in [1.807, 2.05) is 18.2 Å². The van der Waals surface area contributed by atoms with Gasteiger partial charge in [0.2, 0.25) is 0 Å². The molecule has 24 heavy (non-hydrogen) atoms. The van der Waals surface area contributed by atoms with Gasteiger partial charge in [-0.15, -0.1) is 0 Å². The lowest BCUT2D eigenvalue weighted by Gasteiger charge is -2.30. The van der Waals surface area contributed by atoms with E-state index in [0.29, 0.717) is 17.2 Å². The van der Waals surface area contributed by atoms with Gasteiger partial charge in [-0.2, -0.15) is 0 Å². The number of alkyl halides is 2. The predicted octanol–water partition coefficient (Wildman–Crippen LogP) is 3.71. The lowest BCUT2D eigenvalue weighted by atomic mass is 10.1. The predicted molar refractivity (Wildman–Crippen MR) is 88.6 cm³/mol. The molecule has 2 aliphatic heterocycles. The maximum absolute atomic E-state index is 13.1. The second-order valence-electron chi connectivity index (χ2n) is 5.80. The van der Waals surface area contributed by atoms with Crippen LogP contribution < -0.4 is 10.1 Å². The Hall–Kier alpha value is -2.47. The highest BCUT2D eigenvalue weighted by atomic mass is 19.3. The number of ether oxygens (including phenoxy) is 1. The van der Waals surface area contributed by atoms with Crippen molar-refractivity contribution in [3.05, 3.63) is 53.6 Å². The largest absolute Gasteiger partial charge is 0.454 e. The first-order chi connectivity index (χ1) is 11.7. The molecule has 4 rings (SSSR count). The molecule has 0 radical (unpaired) electrons. The third-order valence-corrected chi connectivity index (χ3v) is 4.23. The van der Waals surface area contributed by atoms with Gasteiger partial charge in [-0.1, -0.05) is 18.2 Å². The fourth-order valence-electron chi connectivity index (χ4n) is 2.99. The minimum atomic E-state index is -2.53. The molecular weight excluding hydrogens is 312 g/mol. The average molecular weight is 329 g/mol. The van der Waals surface area contributed by atoms with Crippen LogP contribution in [0.3, 0.4) is 0 Å². The Labute approximate surface area is 138 Å². The molecule has 2 aromatic rings. The first-order valence-electron chi connectivity index (χ1n) is 7.96. The third-order valence-electron chi connectivity index (χ3n) is 4.23. The number of para-hydroxylation sites is 2. The number of rotatable bonds is 1. The molecule has 0 spiro atoms. The molecule has 1 fully saturated rings. The van der Waals surface area contributed by atoms with Gasteiger partial charge in [0.15, 0.2) is 5.75 Å². The monoisotopic (exact) mass is 329 g/mol. The van der Waals surface area contributed by atoms with Crippen molar-refractivity contribution in [2.75, 3.05) is 26.2 Å². The van der Waals surface area contributed by atoms with Crippen LogP contribution >= 0.6 is 0 Å². The van der Waals surface area contributed by atoms with Crippen molar-refractivity contribution < 1.29 is 13.5 Å². The highest BCUT2D eigenvalue weighted by Crippen LogP contribution is 2.39. The number of aliphatic imine (C=N–C) groups is 1. The lowest BCUT2D eigenvalue weighted by Crippen LogP contribution is -2.46. The van der Waals surface area contributed by atoms with E-state index in [9.17, 15) is 8.78 Å². The van der Waals surface area contributed by atoms with Gasteiger partial charge in [0.05, 0.1) is 5.56 Å². The molecule has 0 bridgehead atoms. The number of benzene rings is 2. The van der Waals surface area contributed by atoms with Gasteiger partial charge < -0.3 is 15.0 Å². The highest BCUT2D eigenvalue weighted by Gasteiger charge is 2.25. The SMILES string of the molecule is FC(F)c1ccc2c(c1)Oc1ccccc1N=C2N1CCNCC1. The maximum atomic E-state index is 13.1. The summed E-state index contributed by atoms with van der Waals surface area (Å²) in [6, 6.07) is 12.0. The zero-order valence-corrected chi connectivity index (χ0v) is 13.0. The van der Waals surface area contributed by atoms with Crippen molar-refractivity contribution in [3.63, 3.8) is 0 Å². The van der Waals surface area contributed by atoms with Crippen LogP contribution in [-0.4, -0.2) is 36.9 Å². The van der Waals surface area contributed by atoms with E-state index < -0.39 is 6.43 Å². The van der Waals surface area contributed by atoms with Crippen LogP contribution in [0.2, 0.25) is 0 Å². The first kappa shape index (κ1) is 15.1. The molecule has 0 aliphatic carbocycles. The number of nitrogens with one attached hydrogen (secondary N) is 1. The molecule has 2 aliphatic rings. The molecule has 1 saturated heterocycles. The molecule has 124 valence electrons. The van der Waals surface area contributed by atoms with E-state index in [-0.39, 0.29) is 5.56 Å². The van der Waals surface area contributed by atoms with Gasteiger partial charge in [0.25, 0.3) is 6.43 Å². The van der Waals surface area contributed by atoms with Crippen LogP contribution in [0.5, 0.6) is 11.5 Å². The van der Waals surface area contributed by atoms with E-state index in [0.717, 1.165) is 37.6 Å². The number of amidine groups is 1. The quantitative estimate of drug-likeness (QED) is 0.866. The Morgan fingerprint density at radius 3 is 2.62 bits per heavy atom. The zero-order chi connectivity index (χ0) is 16.5. The van der Waals surface area contributed by atoms with Gasteiger partial charge in [0.1, 0.15) is 17.3 Å². The van der Waals surface area contributed by atoms with Crippen LogP contribution in [0, 0.1) is 0 Å². The van der Waals surface area contributed by atoms with Gasteiger partial charge >= 0.3 is 0 Å². The number of hydrogen-bond donors (Lipinski definition) is 1. The maximum Gasteiger partial charge on any atom is 0.263 e. The number of nitrogens with zero attached hydrogens (tertiary/aromatic N) is 2. The Morgan fingerprint density at radius 1 is 1.04 bits per heavy atom. The Balaban J connectivity index is 1.86. The summed E-state index contributed by atoms with van der Waals surface area (Å²) >= 11 is 0. The van der Waals surface area contributed by atoms with Crippen molar-refractivity contribution in [2.45, 2.75) is 6.43 Å². The van der Waals surface area contributed by atoms with E-state index in [4.69, 9.17) is 9.73 Å². The van der Waals surface area contributed by atoms with E-state index >= 15 is 0 Å². The van der Waals surface area contributed by atoms with Gasteiger partial charge in [-0.25, -0.2) is 13.8 Å². The van der Waals surface area contributed by atoms with Gasteiger partial charge in [-0.3, -0.25) is 0 Å². The zero-order valence-electron chi connectivity index (χ0n) is 13.0. The molecule has 0 amide bonds. The standard InChI is InChI=1S/C18H17F2N3O/c19-17(20)12-5-6-13-16(11-12)24-15-4-2-1-3-14(15)22-18(13)23-9-7-21-8-10-23/h1-6,11,17,21H,7-10H2. The van der Waals surface area contributed by atoms with Crippen molar-refractivity contribution >= 4 is 11.5 Å². The van der Waals surface area contributed by atoms with Crippen LogP contribution in [0.25, 0.3) is 0 Å². The number of piperazine rings is 1. The molecular formula is C18H17F2N3O. The van der Waals surface area contributed by atoms with Crippen LogP contribution in [-0.2, 0) is 0 Å². The minimum absolute atomic E-state index is 0.0483. The highest BCUT2D eigenvalue weighted by molar-refractivity contribution is 6.03. The summed E-state index contributed by atoms with van der Waals surface area (Å²) in [6.07, 6.45) is -2.53. The lowest BCUT2D eigenvalue weighted by molar-refractivity contribution is 0.151. The van der Waals surface area contributed by atoms with Crippen LogP contribution in [0.1, 0.15) is 17.6 Å². The molecule has 1 N–H and O–H groups in total. The molecule has 0 unspecified atom stereocenters. The summed E-state index contributed by atoms with van der Waals surface area (Å²) in [5.74, 6) is 1.78. The molecule has 2 aromatic carbocycles. The molecule has 6 heteroatoms. The Kier molecular flexibility index (Phi) is 3.90. The normalized spacial score (nSPS) is 16.8. The number of halogens is 2. The van der Waals surface area contributed by atoms with Gasteiger partial charge in [0, 0.05) is 31.7 Å². The fraction of sp³-hybridized carbons (Fsp3) is 0.278. The van der Waals surface area contributed by atoms with Crippen molar-refractivity contribution in [1.82, 2.24) is 10.2 Å². The van der Waals surface area contributed by atoms with Crippen molar-refractivity contribution in [3.8, 4) is 11.5 Å². The van der Waals surface area contributed by atoms with Crippen molar-refractivity contribution in [1.29, 1.82) is 0 Å². The number of hydrogen-bond acceptors (Lipinski definition) is 4. The Morgan fingerprint density at radius 2 is 1.83 bits per heavy atom. The summed E-state index contributed by atoms with van der Waals surface area (Å²) in [5.41, 5.74) is 1.41. The van der Waals surface area contributed by atoms with Crippen LogP contribution in [0.15, 0.2) is 47.5 Å². The molecule has 0 atom stereocenters. The smallest absolute Gasteiger partial charge is 0.263 e. The Bertz CT molecular complexity index is 786. The second kappa shape index (κ2) is 6.20.